The molecule has 1 aromatic heterocycles. The van der Waals surface area contributed by atoms with Crippen LogP contribution in [0.3, 0.4) is 0 Å². The fourth-order valence-electron chi connectivity index (χ4n) is 2.13. The van der Waals surface area contributed by atoms with Crippen LogP contribution in [0.1, 0.15) is 23.3 Å². The van der Waals surface area contributed by atoms with E-state index in [1.165, 1.54) is 13.3 Å². The highest BCUT2D eigenvalue weighted by Gasteiger charge is 2.21. The molecule has 1 aliphatic rings. The maximum Gasteiger partial charge on any atom is 0.358 e. The summed E-state index contributed by atoms with van der Waals surface area (Å²) < 4.78 is 4.62. The van der Waals surface area contributed by atoms with Gasteiger partial charge in [0.05, 0.1) is 19.5 Å². The molecule has 0 spiro atoms. The van der Waals surface area contributed by atoms with Crippen molar-refractivity contribution in [3.63, 3.8) is 0 Å². The summed E-state index contributed by atoms with van der Waals surface area (Å²) >= 11 is 0. The summed E-state index contributed by atoms with van der Waals surface area (Å²) in [6.45, 7) is 1.80. The van der Waals surface area contributed by atoms with E-state index in [0.29, 0.717) is 5.82 Å². The number of hydrogen-bond acceptors (Lipinski definition) is 6. The van der Waals surface area contributed by atoms with Gasteiger partial charge in [0.25, 0.3) is 0 Å². The Bertz CT molecular complexity index is 425. The molecule has 1 aromatic rings. The number of aliphatic hydroxyl groups excluding tert-OH is 1. The number of rotatable bonds is 3. The molecular weight excluding hydrogens is 234 g/mol. The van der Waals surface area contributed by atoms with Crippen LogP contribution in [0.15, 0.2) is 12.4 Å². The Kier molecular flexibility index (Phi) is 4.09. The first-order valence-corrected chi connectivity index (χ1v) is 6.00. The number of nitrogens with zero attached hydrogens (tertiary/aromatic N) is 3. The van der Waals surface area contributed by atoms with Crippen molar-refractivity contribution in [2.75, 3.05) is 31.7 Å². The second-order valence-corrected chi connectivity index (χ2v) is 4.39. The van der Waals surface area contributed by atoms with Crippen LogP contribution in [0.5, 0.6) is 0 Å². The van der Waals surface area contributed by atoms with Crippen molar-refractivity contribution in [2.45, 2.75) is 12.8 Å². The first-order valence-electron chi connectivity index (χ1n) is 6.00. The zero-order chi connectivity index (χ0) is 13.0. The highest BCUT2D eigenvalue weighted by atomic mass is 16.5. The number of aromatic nitrogens is 2. The average molecular weight is 251 g/mol. The third kappa shape index (κ3) is 2.76. The molecule has 1 N–H and O–H groups in total. The lowest BCUT2D eigenvalue weighted by atomic mass is 9.99. The molecule has 1 atom stereocenters. The fraction of sp³-hybridized carbons (Fsp3) is 0.583. The van der Waals surface area contributed by atoms with Gasteiger partial charge in [-0.05, 0) is 18.8 Å². The summed E-state index contributed by atoms with van der Waals surface area (Å²) in [5.41, 5.74) is 0.209. The van der Waals surface area contributed by atoms with E-state index in [4.69, 9.17) is 0 Å². The molecular formula is C12H17N3O3. The minimum absolute atomic E-state index is 0.181. The lowest BCUT2D eigenvalue weighted by Crippen LogP contribution is -2.37. The summed E-state index contributed by atoms with van der Waals surface area (Å²) in [4.78, 5) is 21.7. The van der Waals surface area contributed by atoms with Gasteiger partial charge in [-0.15, -0.1) is 0 Å². The van der Waals surface area contributed by atoms with Crippen molar-refractivity contribution in [3.05, 3.63) is 18.1 Å². The van der Waals surface area contributed by atoms with E-state index in [1.807, 2.05) is 4.90 Å². The quantitative estimate of drug-likeness (QED) is 0.787. The molecule has 18 heavy (non-hydrogen) atoms. The van der Waals surface area contributed by atoms with Gasteiger partial charge in [-0.1, -0.05) is 0 Å². The smallest absolute Gasteiger partial charge is 0.358 e. The van der Waals surface area contributed by atoms with E-state index < -0.39 is 5.97 Å². The first-order chi connectivity index (χ1) is 8.74. The lowest BCUT2D eigenvalue weighted by Gasteiger charge is -2.32. The van der Waals surface area contributed by atoms with Crippen LogP contribution in [0, 0.1) is 5.92 Å². The van der Waals surface area contributed by atoms with Crippen LogP contribution in [-0.2, 0) is 4.74 Å². The molecule has 0 amide bonds. The van der Waals surface area contributed by atoms with Gasteiger partial charge in [0.1, 0.15) is 5.82 Å². The number of aliphatic hydroxyl groups is 1. The predicted octanol–water partition coefficient (Wildman–Crippen LogP) is 0.472. The Morgan fingerprint density at radius 2 is 2.44 bits per heavy atom. The monoisotopic (exact) mass is 251 g/mol. The third-order valence-corrected chi connectivity index (χ3v) is 3.12. The maximum absolute atomic E-state index is 11.4. The summed E-state index contributed by atoms with van der Waals surface area (Å²) in [7, 11) is 1.32. The number of anilines is 1. The number of esters is 1. The van der Waals surface area contributed by atoms with Crippen molar-refractivity contribution >= 4 is 11.8 Å². The van der Waals surface area contributed by atoms with Crippen LogP contribution in [-0.4, -0.2) is 47.8 Å². The van der Waals surface area contributed by atoms with Crippen molar-refractivity contribution in [1.29, 1.82) is 0 Å². The van der Waals surface area contributed by atoms with Crippen molar-refractivity contribution in [1.82, 2.24) is 9.97 Å². The standard InChI is InChI=1S/C12H17N3O3/c1-18-12(17)10-5-13-6-11(14-10)15-4-2-3-9(7-15)8-16/h5-6,9,16H,2-4,7-8H2,1H3. The van der Waals surface area contributed by atoms with Gasteiger partial charge >= 0.3 is 5.97 Å². The molecule has 1 saturated heterocycles. The summed E-state index contributed by atoms with van der Waals surface area (Å²) in [6, 6.07) is 0. The Labute approximate surface area is 106 Å². The molecule has 1 aliphatic heterocycles. The highest BCUT2D eigenvalue weighted by molar-refractivity contribution is 5.87. The molecule has 6 nitrogen and oxygen atoms in total. The molecule has 0 radical (unpaired) electrons. The SMILES string of the molecule is COC(=O)c1cncc(N2CCCC(CO)C2)n1. The third-order valence-electron chi connectivity index (χ3n) is 3.12. The number of hydrogen-bond donors (Lipinski definition) is 1. The van der Waals surface area contributed by atoms with E-state index in [-0.39, 0.29) is 18.2 Å². The van der Waals surface area contributed by atoms with Gasteiger partial charge in [-0.2, -0.15) is 0 Å². The molecule has 0 bridgehead atoms. The predicted molar refractivity (Wildman–Crippen MR) is 65.4 cm³/mol. The topological polar surface area (TPSA) is 75.5 Å². The largest absolute Gasteiger partial charge is 0.464 e. The van der Waals surface area contributed by atoms with E-state index in [0.717, 1.165) is 25.9 Å². The second kappa shape index (κ2) is 5.77. The van der Waals surface area contributed by atoms with Crippen molar-refractivity contribution < 1.29 is 14.6 Å². The van der Waals surface area contributed by atoms with E-state index in [9.17, 15) is 9.90 Å². The van der Waals surface area contributed by atoms with Crippen LogP contribution in [0.4, 0.5) is 5.82 Å². The molecule has 98 valence electrons. The molecule has 0 saturated carbocycles. The molecule has 1 unspecified atom stereocenters. The zero-order valence-electron chi connectivity index (χ0n) is 10.4. The van der Waals surface area contributed by atoms with E-state index in [1.54, 1.807) is 6.20 Å². The molecule has 0 aliphatic carbocycles. The summed E-state index contributed by atoms with van der Waals surface area (Å²) in [5, 5.41) is 9.20. The minimum atomic E-state index is -0.486. The number of carbonyl (C=O) groups excluding carboxylic acids is 1. The van der Waals surface area contributed by atoms with Gasteiger partial charge < -0.3 is 14.7 Å². The average Bonchev–Trinajstić information content (AvgIpc) is 2.46. The highest BCUT2D eigenvalue weighted by Crippen LogP contribution is 2.20. The summed E-state index contributed by atoms with van der Waals surface area (Å²) in [6.07, 6.45) is 5.06. The van der Waals surface area contributed by atoms with E-state index >= 15 is 0 Å². The van der Waals surface area contributed by atoms with Gasteiger partial charge in [0.2, 0.25) is 0 Å². The van der Waals surface area contributed by atoms with Crippen LogP contribution >= 0.6 is 0 Å². The molecule has 2 rings (SSSR count). The number of methoxy groups -OCH3 is 1. The minimum Gasteiger partial charge on any atom is -0.464 e. The van der Waals surface area contributed by atoms with Crippen molar-refractivity contribution in [3.8, 4) is 0 Å². The summed E-state index contributed by atoms with van der Waals surface area (Å²) in [5.74, 6) is 0.443. The molecule has 1 fully saturated rings. The zero-order valence-corrected chi connectivity index (χ0v) is 10.4. The van der Waals surface area contributed by atoms with E-state index in [2.05, 4.69) is 14.7 Å². The molecule has 0 aromatic carbocycles. The van der Waals surface area contributed by atoms with Gasteiger partial charge in [-0.25, -0.2) is 9.78 Å². The first kappa shape index (κ1) is 12.8. The fourth-order valence-corrected chi connectivity index (χ4v) is 2.13. The van der Waals surface area contributed by atoms with Gasteiger partial charge in [-0.3, -0.25) is 4.98 Å². The van der Waals surface area contributed by atoms with Crippen LogP contribution < -0.4 is 4.90 Å². The number of carbonyl (C=O) groups is 1. The molecule has 2 heterocycles. The Morgan fingerprint density at radius 3 is 3.17 bits per heavy atom. The Hall–Kier alpha value is -1.69. The maximum atomic E-state index is 11.4. The number of piperidine rings is 1. The van der Waals surface area contributed by atoms with Crippen molar-refractivity contribution in [2.24, 2.45) is 5.92 Å². The second-order valence-electron chi connectivity index (χ2n) is 4.39. The van der Waals surface area contributed by atoms with Gasteiger partial charge in [0.15, 0.2) is 5.69 Å². The van der Waals surface area contributed by atoms with Crippen LogP contribution in [0.25, 0.3) is 0 Å². The lowest BCUT2D eigenvalue weighted by molar-refractivity contribution is 0.0593. The molecule has 6 heteroatoms. The Morgan fingerprint density at radius 1 is 1.61 bits per heavy atom. The number of ether oxygens (including phenoxy) is 1. The van der Waals surface area contributed by atoms with Gasteiger partial charge in [0, 0.05) is 19.7 Å². The Balaban J connectivity index is 2.15. The normalized spacial score (nSPS) is 19.7. The van der Waals surface area contributed by atoms with Crippen LogP contribution in [0.2, 0.25) is 0 Å².